The molecule has 1 fully saturated rings. The highest BCUT2D eigenvalue weighted by Gasteiger charge is 2.23. The molecule has 0 saturated carbocycles. The largest absolute Gasteiger partial charge is 0.357 e. The number of sulfonamides is 1. The fraction of sp³-hybridized carbons (Fsp3) is 0.364. The lowest BCUT2D eigenvalue weighted by atomic mass is 9.89. The number of aromatic nitrogens is 3. The number of pyridine rings is 1. The summed E-state index contributed by atoms with van der Waals surface area (Å²) in [6, 6.07) is 14.0. The van der Waals surface area contributed by atoms with Gasteiger partial charge >= 0.3 is 0 Å². The first-order chi connectivity index (χ1) is 14.3. The Bertz CT molecular complexity index is 1120. The summed E-state index contributed by atoms with van der Waals surface area (Å²) in [5.41, 5.74) is 3.31. The van der Waals surface area contributed by atoms with E-state index in [2.05, 4.69) is 44.0 Å². The van der Waals surface area contributed by atoms with E-state index < -0.39 is 10.0 Å². The van der Waals surface area contributed by atoms with Gasteiger partial charge in [-0.05, 0) is 50.3 Å². The van der Waals surface area contributed by atoms with Crippen LogP contribution in [0.25, 0.3) is 0 Å². The molecule has 0 unspecified atom stereocenters. The molecular formula is C22H27N5O2S. The van der Waals surface area contributed by atoms with Crippen LogP contribution in [0.4, 0.5) is 11.5 Å². The molecule has 3 aromatic rings. The number of nitrogens with zero attached hydrogens (tertiary/aromatic N) is 4. The van der Waals surface area contributed by atoms with Crippen molar-refractivity contribution in [1.82, 2.24) is 14.8 Å². The minimum absolute atomic E-state index is 0.146. The lowest BCUT2D eigenvalue weighted by molar-refractivity contribution is 0.502. The van der Waals surface area contributed by atoms with E-state index in [4.69, 9.17) is 0 Å². The van der Waals surface area contributed by atoms with Crippen LogP contribution in [-0.4, -0.2) is 36.3 Å². The number of hydrogen-bond acceptors (Lipinski definition) is 5. The predicted molar refractivity (Wildman–Crippen MR) is 118 cm³/mol. The Labute approximate surface area is 177 Å². The highest BCUT2D eigenvalue weighted by atomic mass is 32.2. The van der Waals surface area contributed by atoms with Gasteiger partial charge < -0.3 is 4.90 Å². The summed E-state index contributed by atoms with van der Waals surface area (Å²) in [5.74, 6) is 1.38. The Kier molecular flexibility index (Phi) is 5.51. The van der Waals surface area contributed by atoms with Gasteiger partial charge in [0.25, 0.3) is 10.0 Å². The van der Waals surface area contributed by atoms with E-state index in [0.29, 0.717) is 17.3 Å². The molecule has 1 N–H and O–H groups in total. The van der Waals surface area contributed by atoms with Crippen molar-refractivity contribution in [2.75, 3.05) is 22.7 Å². The van der Waals surface area contributed by atoms with Crippen molar-refractivity contribution in [3.63, 3.8) is 0 Å². The lowest BCUT2D eigenvalue weighted by Crippen LogP contribution is -2.33. The average Bonchev–Trinajstić information content (AvgIpc) is 3.00. The third kappa shape index (κ3) is 4.05. The van der Waals surface area contributed by atoms with Gasteiger partial charge in [-0.2, -0.15) is 5.10 Å². The van der Waals surface area contributed by atoms with Crippen LogP contribution in [-0.2, 0) is 17.1 Å². The maximum atomic E-state index is 12.8. The first-order valence-electron chi connectivity index (χ1n) is 10.1. The number of nitrogens with one attached hydrogen (secondary N) is 1. The average molecular weight is 426 g/mol. The Morgan fingerprint density at radius 3 is 2.30 bits per heavy atom. The van der Waals surface area contributed by atoms with Gasteiger partial charge in [0.2, 0.25) is 0 Å². The normalized spacial score (nSPS) is 15.4. The van der Waals surface area contributed by atoms with E-state index in [1.165, 1.54) is 11.8 Å². The van der Waals surface area contributed by atoms with Crippen molar-refractivity contribution in [2.45, 2.75) is 37.5 Å². The van der Waals surface area contributed by atoms with Crippen molar-refractivity contribution in [2.24, 2.45) is 7.05 Å². The quantitative estimate of drug-likeness (QED) is 0.675. The number of hydrogen-bond donors (Lipinski definition) is 1. The molecule has 7 nitrogen and oxygen atoms in total. The van der Waals surface area contributed by atoms with Crippen molar-refractivity contribution >= 4 is 21.5 Å². The van der Waals surface area contributed by atoms with Gasteiger partial charge in [0.1, 0.15) is 10.7 Å². The zero-order valence-electron chi connectivity index (χ0n) is 17.5. The van der Waals surface area contributed by atoms with Crippen LogP contribution >= 0.6 is 0 Å². The minimum atomic E-state index is -3.72. The van der Waals surface area contributed by atoms with Gasteiger partial charge in [-0.25, -0.2) is 13.4 Å². The predicted octanol–water partition coefficient (Wildman–Crippen LogP) is 3.62. The van der Waals surface area contributed by atoms with Crippen molar-refractivity contribution in [1.29, 1.82) is 0 Å². The van der Waals surface area contributed by atoms with Crippen molar-refractivity contribution in [3.8, 4) is 0 Å². The fourth-order valence-corrected chi connectivity index (χ4v) is 5.12. The van der Waals surface area contributed by atoms with Crippen LogP contribution in [0.15, 0.2) is 53.6 Å². The Hall–Kier alpha value is -2.87. The third-order valence-electron chi connectivity index (χ3n) is 5.87. The maximum Gasteiger partial charge on any atom is 0.263 e. The Morgan fingerprint density at radius 2 is 1.73 bits per heavy atom. The molecule has 0 amide bonds. The summed E-state index contributed by atoms with van der Waals surface area (Å²) in [4.78, 5) is 6.81. The molecule has 1 aliphatic rings. The SMILES string of the molecule is Cc1nn(C)c(C)c1NS(=O)(=O)c1ccc(N2CCC(c3ccccc3)CC2)nc1. The van der Waals surface area contributed by atoms with Gasteiger partial charge in [0.15, 0.2) is 0 Å². The van der Waals surface area contributed by atoms with Crippen LogP contribution in [0.3, 0.4) is 0 Å². The highest BCUT2D eigenvalue weighted by molar-refractivity contribution is 7.92. The van der Waals surface area contributed by atoms with E-state index in [1.807, 2.05) is 13.0 Å². The summed E-state index contributed by atoms with van der Waals surface area (Å²) in [5, 5.41) is 4.26. The topological polar surface area (TPSA) is 80.1 Å². The fourth-order valence-electron chi connectivity index (χ4n) is 4.00. The zero-order valence-corrected chi connectivity index (χ0v) is 18.4. The molecule has 0 aliphatic carbocycles. The molecule has 1 aliphatic heterocycles. The van der Waals surface area contributed by atoms with Gasteiger partial charge in [-0.1, -0.05) is 30.3 Å². The standard InChI is InChI=1S/C22H27N5O2S/c1-16-22(17(2)26(3)24-16)25-30(28,29)20-9-10-21(23-15-20)27-13-11-19(12-14-27)18-7-5-4-6-8-18/h4-10,15,19,25H,11-14H2,1-3H3. The van der Waals surface area contributed by atoms with Gasteiger partial charge in [-0.15, -0.1) is 0 Å². The first kappa shape index (κ1) is 20.4. The third-order valence-corrected chi connectivity index (χ3v) is 7.20. The van der Waals surface area contributed by atoms with Gasteiger partial charge in [0.05, 0.1) is 17.1 Å². The lowest BCUT2D eigenvalue weighted by Gasteiger charge is -2.33. The second-order valence-corrected chi connectivity index (χ2v) is 9.48. The zero-order chi connectivity index (χ0) is 21.3. The molecule has 8 heteroatoms. The molecule has 2 aromatic heterocycles. The van der Waals surface area contributed by atoms with E-state index in [9.17, 15) is 8.42 Å². The van der Waals surface area contributed by atoms with E-state index in [1.54, 1.807) is 30.8 Å². The van der Waals surface area contributed by atoms with E-state index >= 15 is 0 Å². The monoisotopic (exact) mass is 425 g/mol. The number of anilines is 2. The summed E-state index contributed by atoms with van der Waals surface area (Å²) in [7, 11) is -1.93. The summed E-state index contributed by atoms with van der Waals surface area (Å²) in [6.07, 6.45) is 3.56. The van der Waals surface area contributed by atoms with Crippen LogP contribution in [0.5, 0.6) is 0 Å². The number of aryl methyl sites for hydroxylation is 2. The summed E-state index contributed by atoms with van der Waals surface area (Å²) >= 11 is 0. The molecule has 1 aromatic carbocycles. The molecule has 3 heterocycles. The minimum Gasteiger partial charge on any atom is -0.357 e. The van der Waals surface area contributed by atoms with E-state index in [0.717, 1.165) is 37.4 Å². The molecule has 30 heavy (non-hydrogen) atoms. The summed E-state index contributed by atoms with van der Waals surface area (Å²) < 4.78 is 29.9. The second-order valence-electron chi connectivity index (χ2n) is 7.80. The van der Waals surface area contributed by atoms with E-state index in [-0.39, 0.29) is 4.90 Å². The molecule has 0 atom stereocenters. The second kappa shape index (κ2) is 8.10. The Morgan fingerprint density at radius 1 is 1.03 bits per heavy atom. The Balaban J connectivity index is 1.44. The molecular weight excluding hydrogens is 398 g/mol. The van der Waals surface area contributed by atoms with Crippen LogP contribution in [0.2, 0.25) is 0 Å². The number of rotatable bonds is 5. The van der Waals surface area contributed by atoms with Crippen molar-refractivity contribution < 1.29 is 8.42 Å². The maximum absolute atomic E-state index is 12.8. The molecule has 1 saturated heterocycles. The number of piperidine rings is 1. The summed E-state index contributed by atoms with van der Waals surface area (Å²) in [6.45, 7) is 5.43. The highest BCUT2D eigenvalue weighted by Crippen LogP contribution is 2.30. The smallest absolute Gasteiger partial charge is 0.263 e. The van der Waals surface area contributed by atoms with Crippen molar-refractivity contribution in [3.05, 3.63) is 65.6 Å². The number of benzene rings is 1. The van der Waals surface area contributed by atoms with Gasteiger partial charge in [-0.3, -0.25) is 9.40 Å². The molecule has 0 bridgehead atoms. The molecule has 4 rings (SSSR count). The van der Waals surface area contributed by atoms with Gasteiger partial charge in [0, 0.05) is 26.3 Å². The van der Waals surface area contributed by atoms with Crippen LogP contribution < -0.4 is 9.62 Å². The van der Waals surface area contributed by atoms with Crippen LogP contribution in [0.1, 0.15) is 35.7 Å². The first-order valence-corrected chi connectivity index (χ1v) is 11.6. The van der Waals surface area contributed by atoms with Crippen LogP contribution in [0, 0.1) is 13.8 Å². The molecule has 0 spiro atoms. The molecule has 0 radical (unpaired) electrons. The molecule has 158 valence electrons.